The van der Waals surface area contributed by atoms with Crippen molar-refractivity contribution in [1.29, 1.82) is 0 Å². The number of thioether (sulfide) groups is 1. The molecule has 19 heavy (non-hydrogen) atoms. The third-order valence-electron chi connectivity index (χ3n) is 2.76. The maximum atomic E-state index is 13.3. The van der Waals surface area contributed by atoms with Gasteiger partial charge in [-0.1, -0.05) is 18.2 Å². The number of halogens is 1. The van der Waals surface area contributed by atoms with Gasteiger partial charge in [0.05, 0.1) is 6.61 Å². The van der Waals surface area contributed by atoms with Crippen molar-refractivity contribution in [3.8, 4) is 5.75 Å². The van der Waals surface area contributed by atoms with Gasteiger partial charge in [0, 0.05) is 16.3 Å². The number of anilines is 1. The molecule has 0 unspecified atom stereocenters. The van der Waals surface area contributed by atoms with E-state index in [4.69, 9.17) is 10.5 Å². The topological polar surface area (TPSA) is 35.2 Å². The Morgan fingerprint density at radius 1 is 1.16 bits per heavy atom. The first kappa shape index (κ1) is 13.7. The van der Waals surface area contributed by atoms with E-state index in [9.17, 15) is 4.39 Å². The van der Waals surface area contributed by atoms with E-state index >= 15 is 0 Å². The fraction of sp³-hybridized carbons (Fsp3) is 0.200. The van der Waals surface area contributed by atoms with Gasteiger partial charge in [-0.3, -0.25) is 0 Å². The number of hydrogen-bond acceptors (Lipinski definition) is 3. The molecule has 4 heteroatoms. The van der Waals surface area contributed by atoms with Crippen LogP contribution in [0.15, 0.2) is 47.4 Å². The van der Waals surface area contributed by atoms with E-state index in [1.165, 1.54) is 6.07 Å². The van der Waals surface area contributed by atoms with Crippen LogP contribution in [0, 0.1) is 12.7 Å². The predicted molar refractivity (Wildman–Crippen MR) is 78.2 cm³/mol. The largest absolute Gasteiger partial charge is 0.490 e. The quantitative estimate of drug-likeness (QED) is 0.511. The van der Waals surface area contributed by atoms with Crippen molar-refractivity contribution in [3.63, 3.8) is 0 Å². The first-order chi connectivity index (χ1) is 9.18. The van der Waals surface area contributed by atoms with Crippen molar-refractivity contribution in [3.05, 3.63) is 53.8 Å². The lowest BCUT2D eigenvalue weighted by atomic mass is 10.2. The van der Waals surface area contributed by atoms with Crippen LogP contribution in [0.3, 0.4) is 0 Å². The van der Waals surface area contributed by atoms with Gasteiger partial charge >= 0.3 is 0 Å². The molecule has 2 rings (SSSR count). The van der Waals surface area contributed by atoms with Crippen molar-refractivity contribution < 1.29 is 9.13 Å². The highest BCUT2D eigenvalue weighted by Gasteiger charge is 2.03. The lowest BCUT2D eigenvalue weighted by Crippen LogP contribution is -2.02. The van der Waals surface area contributed by atoms with Gasteiger partial charge in [-0.15, -0.1) is 11.8 Å². The minimum atomic E-state index is -0.326. The summed E-state index contributed by atoms with van der Waals surface area (Å²) in [5.74, 6) is 0.721. The maximum absolute atomic E-state index is 13.3. The van der Waals surface area contributed by atoms with Crippen LogP contribution in [-0.4, -0.2) is 12.4 Å². The van der Waals surface area contributed by atoms with E-state index < -0.39 is 0 Å². The second-order valence-corrected chi connectivity index (χ2v) is 5.23. The molecule has 2 nitrogen and oxygen atoms in total. The monoisotopic (exact) mass is 277 g/mol. The molecule has 0 spiro atoms. The smallest absolute Gasteiger partial charge is 0.165 e. The Hall–Kier alpha value is -1.68. The zero-order chi connectivity index (χ0) is 13.7. The molecule has 0 radical (unpaired) electrons. The molecule has 0 aromatic heterocycles. The molecule has 0 bridgehead atoms. The lowest BCUT2D eigenvalue weighted by Gasteiger charge is -2.09. The Labute approximate surface area is 116 Å². The highest BCUT2D eigenvalue weighted by Crippen LogP contribution is 2.26. The molecular formula is C15H16FNOS. The number of nitrogen functional groups attached to an aromatic ring is 1. The van der Waals surface area contributed by atoms with Gasteiger partial charge in [0.1, 0.15) is 0 Å². The van der Waals surface area contributed by atoms with Crippen molar-refractivity contribution in [2.45, 2.75) is 11.8 Å². The van der Waals surface area contributed by atoms with Gasteiger partial charge in [-0.05, 0) is 36.8 Å². The molecule has 2 N–H and O–H groups in total. The summed E-state index contributed by atoms with van der Waals surface area (Å²) >= 11 is 1.66. The van der Waals surface area contributed by atoms with E-state index in [1.807, 2.05) is 25.1 Å². The standard InChI is InChI=1S/C15H16FNOS/c1-11-13(17)6-4-8-15(11)19-10-9-18-14-7-3-2-5-12(14)16/h2-8H,9-10,17H2,1H3. The van der Waals surface area contributed by atoms with E-state index in [2.05, 4.69) is 0 Å². The average Bonchev–Trinajstić information content (AvgIpc) is 2.41. The predicted octanol–water partition coefficient (Wildman–Crippen LogP) is 3.89. The zero-order valence-electron chi connectivity index (χ0n) is 10.7. The third kappa shape index (κ3) is 3.64. The first-order valence-corrected chi connectivity index (χ1v) is 7.02. The SMILES string of the molecule is Cc1c(N)cccc1SCCOc1ccccc1F. The highest BCUT2D eigenvalue weighted by atomic mass is 32.2. The van der Waals surface area contributed by atoms with Crippen LogP contribution in [0.25, 0.3) is 0 Å². The summed E-state index contributed by atoms with van der Waals surface area (Å²) in [6.45, 7) is 2.45. The molecule has 0 aliphatic carbocycles. The number of rotatable bonds is 5. The number of ether oxygens (including phenoxy) is 1. The number of nitrogens with two attached hydrogens (primary N) is 1. The summed E-state index contributed by atoms with van der Waals surface area (Å²) in [5, 5.41) is 0. The van der Waals surface area contributed by atoms with Crippen molar-refractivity contribution in [2.24, 2.45) is 0 Å². The molecule has 100 valence electrons. The molecule has 0 atom stereocenters. The molecule has 0 saturated carbocycles. The van der Waals surface area contributed by atoms with Crippen molar-refractivity contribution in [2.75, 3.05) is 18.1 Å². The van der Waals surface area contributed by atoms with E-state index in [0.29, 0.717) is 12.4 Å². The average molecular weight is 277 g/mol. The molecule has 0 fully saturated rings. The van der Waals surface area contributed by atoms with Crippen molar-refractivity contribution in [1.82, 2.24) is 0 Å². The van der Waals surface area contributed by atoms with E-state index in [-0.39, 0.29) is 5.82 Å². The molecule has 0 heterocycles. The van der Waals surface area contributed by atoms with Gasteiger partial charge in [-0.25, -0.2) is 4.39 Å². The van der Waals surface area contributed by atoms with Gasteiger partial charge in [0.2, 0.25) is 0 Å². The summed E-state index contributed by atoms with van der Waals surface area (Å²) in [5.41, 5.74) is 7.72. The van der Waals surface area contributed by atoms with Gasteiger partial charge in [-0.2, -0.15) is 0 Å². The molecule has 0 aliphatic heterocycles. The summed E-state index contributed by atoms with van der Waals surface area (Å²) in [6, 6.07) is 12.3. The molecule has 2 aromatic carbocycles. The van der Waals surface area contributed by atoms with Crippen LogP contribution >= 0.6 is 11.8 Å². The first-order valence-electron chi connectivity index (χ1n) is 6.03. The normalized spacial score (nSPS) is 10.4. The van der Waals surface area contributed by atoms with Crippen LogP contribution in [0.1, 0.15) is 5.56 Å². The van der Waals surface area contributed by atoms with Crippen molar-refractivity contribution >= 4 is 17.4 Å². The number of para-hydroxylation sites is 1. The molecule has 2 aromatic rings. The molecule has 0 aliphatic rings. The molecule has 0 amide bonds. The summed E-state index contributed by atoms with van der Waals surface area (Å²) < 4.78 is 18.7. The van der Waals surface area contributed by atoms with E-state index in [0.717, 1.165) is 21.9 Å². The minimum Gasteiger partial charge on any atom is -0.490 e. The summed E-state index contributed by atoms with van der Waals surface area (Å²) in [4.78, 5) is 1.14. The van der Waals surface area contributed by atoms with E-state index in [1.54, 1.807) is 30.0 Å². The third-order valence-corrected chi connectivity index (χ3v) is 3.89. The fourth-order valence-corrected chi connectivity index (χ4v) is 2.55. The van der Waals surface area contributed by atoms with Gasteiger partial charge in [0.15, 0.2) is 11.6 Å². The second kappa shape index (κ2) is 6.48. The van der Waals surface area contributed by atoms with Gasteiger partial charge < -0.3 is 10.5 Å². The minimum absolute atomic E-state index is 0.299. The maximum Gasteiger partial charge on any atom is 0.165 e. The zero-order valence-corrected chi connectivity index (χ0v) is 11.5. The Kier molecular flexibility index (Phi) is 4.68. The summed E-state index contributed by atoms with van der Waals surface area (Å²) in [7, 11) is 0. The van der Waals surface area contributed by atoms with Crippen LogP contribution in [0.2, 0.25) is 0 Å². The summed E-state index contributed by atoms with van der Waals surface area (Å²) in [6.07, 6.45) is 0. The molecule has 0 saturated heterocycles. The Morgan fingerprint density at radius 2 is 1.95 bits per heavy atom. The Balaban J connectivity index is 1.84. The van der Waals surface area contributed by atoms with Crippen LogP contribution in [0.4, 0.5) is 10.1 Å². The number of benzene rings is 2. The fourth-order valence-electron chi connectivity index (χ4n) is 1.65. The molecular weight excluding hydrogens is 261 g/mol. The Morgan fingerprint density at radius 3 is 2.74 bits per heavy atom. The lowest BCUT2D eigenvalue weighted by molar-refractivity contribution is 0.325. The Bertz CT molecular complexity index is 560. The van der Waals surface area contributed by atoms with Crippen LogP contribution in [0.5, 0.6) is 5.75 Å². The van der Waals surface area contributed by atoms with Gasteiger partial charge in [0.25, 0.3) is 0 Å². The van der Waals surface area contributed by atoms with Crippen LogP contribution < -0.4 is 10.5 Å². The second-order valence-electron chi connectivity index (χ2n) is 4.10. The highest BCUT2D eigenvalue weighted by molar-refractivity contribution is 7.99. The van der Waals surface area contributed by atoms with Crippen LogP contribution in [-0.2, 0) is 0 Å². The number of hydrogen-bond donors (Lipinski definition) is 1.